The minimum Gasteiger partial charge on any atom is -0.504 e. The predicted octanol–water partition coefficient (Wildman–Crippen LogP) is 1.98. The van der Waals surface area contributed by atoms with Gasteiger partial charge in [0.05, 0.1) is 18.3 Å². The summed E-state index contributed by atoms with van der Waals surface area (Å²) >= 11 is 5.81. The van der Waals surface area contributed by atoms with E-state index in [2.05, 4.69) is 10.2 Å². The molecule has 0 aliphatic carbocycles. The van der Waals surface area contributed by atoms with Crippen LogP contribution in [0.25, 0.3) is 5.69 Å². The largest absolute Gasteiger partial charge is 0.504 e. The van der Waals surface area contributed by atoms with Gasteiger partial charge in [-0.25, -0.2) is 4.68 Å². The summed E-state index contributed by atoms with van der Waals surface area (Å²) in [5, 5.41) is 19.1. The van der Waals surface area contributed by atoms with Crippen molar-refractivity contribution in [3.8, 4) is 11.4 Å². The molecule has 1 aromatic carbocycles. The van der Waals surface area contributed by atoms with E-state index >= 15 is 0 Å². The van der Waals surface area contributed by atoms with Gasteiger partial charge in [0.2, 0.25) is 0 Å². The summed E-state index contributed by atoms with van der Waals surface area (Å²) in [6, 6.07) is 6.70. The lowest BCUT2D eigenvalue weighted by atomic mass is 10.3. The number of imide groups is 1. The van der Waals surface area contributed by atoms with Crippen LogP contribution in [0, 0.1) is 0 Å². The highest BCUT2D eigenvalue weighted by Crippen LogP contribution is 2.22. The Morgan fingerprint density at radius 1 is 1.32 bits per heavy atom. The summed E-state index contributed by atoms with van der Waals surface area (Å²) < 4.78 is 1.33. The van der Waals surface area contributed by atoms with E-state index in [1.165, 1.54) is 10.9 Å². The molecule has 1 aromatic heterocycles. The van der Waals surface area contributed by atoms with E-state index in [4.69, 9.17) is 11.6 Å². The van der Waals surface area contributed by atoms with Crippen molar-refractivity contribution in [2.45, 2.75) is 13.3 Å². The SMILES string of the molecule is CC1=NN(C(=O)c2nn(-c3ccc(Cl)cc3)cc2O)C(=O)C1. The Balaban J connectivity index is 1.94. The lowest BCUT2D eigenvalue weighted by molar-refractivity contribution is -0.126. The first-order valence-corrected chi connectivity index (χ1v) is 6.79. The summed E-state index contributed by atoms with van der Waals surface area (Å²) in [5.41, 5.74) is 0.919. The predicted molar refractivity (Wildman–Crippen MR) is 79.1 cm³/mol. The molecule has 7 nitrogen and oxygen atoms in total. The van der Waals surface area contributed by atoms with Gasteiger partial charge in [-0.3, -0.25) is 9.59 Å². The molecule has 0 bridgehead atoms. The molecule has 112 valence electrons. The van der Waals surface area contributed by atoms with Crippen LogP contribution in [0.2, 0.25) is 5.02 Å². The Kier molecular flexibility index (Phi) is 3.42. The number of carbonyl (C=O) groups excluding carboxylic acids is 2. The van der Waals surface area contributed by atoms with Crippen LogP contribution in [0.3, 0.4) is 0 Å². The molecular formula is C14H11ClN4O3. The lowest BCUT2D eigenvalue weighted by Gasteiger charge is -2.07. The van der Waals surface area contributed by atoms with E-state index in [-0.39, 0.29) is 17.9 Å². The quantitative estimate of drug-likeness (QED) is 0.858. The molecule has 0 atom stereocenters. The highest BCUT2D eigenvalue weighted by molar-refractivity contribution is 6.30. The first-order valence-electron chi connectivity index (χ1n) is 6.41. The van der Waals surface area contributed by atoms with Crippen LogP contribution in [0.4, 0.5) is 0 Å². The van der Waals surface area contributed by atoms with Crippen molar-refractivity contribution in [2.24, 2.45) is 5.10 Å². The van der Waals surface area contributed by atoms with E-state index in [1.807, 2.05) is 0 Å². The maximum Gasteiger partial charge on any atom is 0.305 e. The second-order valence-electron chi connectivity index (χ2n) is 4.81. The first-order chi connectivity index (χ1) is 10.5. The normalized spacial score (nSPS) is 14.4. The number of benzene rings is 1. The summed E-state index contributed by atoms with van der Waals surface area (Å²) in [6.07, 6.45) is 1.37. The van der Waals surface area contributed by atoms with Crippen LogP contribution >= 0.6 is 11.6 Å². The number of hydrogen-bond acceptors (Lipinski definition) is 5. The Morgan fingerprint density at radius 2 is 2.00 bits per heavy atom. The van der Waals surface area contributed by atoms with Crippen LogP contribution in [0.15, 0.2) is 35.6 Å². The van der Waals surface area contributed by atoms with Crippen molar-refractivity contribution < 1.29 is 14.7 Å². The summed E-state index contributed by atoms with van der Waals surface area (Å²) in [5.74, 6) is -1.53. The maximum atomic E-state index is 12.3. The number of hydrazone groups is 1. The summed E-state index contributed by atoms with van der Waals surface area (Å²) in [6.45, 7) is 1.65. The topological polar surface area (TPSA) is 87.8 Å². The third-order valence-electron chi connectivity index (χ3n) is 3.10. The van der Waals surface area contributed by atoms with Gasteiger partial charge >= 0.3 is 5.91 Å². The molecule has 1 aliphatic heterocycles. The van der Waals surface area contributed by atoms with Crippen LogP contribution in [0.1, 0.15) is 23.8 Å². The van der Waals surface area contributed by atoms with Gasteiger partial charge in [0.25, 0.3) is 5.91 Å². The number of halogens is 1. The number of nitrogens with zero attached hydrogens (tertiary/aromatic N) is 4. The zero-order valence-corrected chi connectivity index (χ0v) is 12.3. The van der Waals surface area contributed by atoms with Crippen LogP contribution < -0.4 is 0 Å². The van der Waals surface area contributed by atoms with E-state index in [0.717, 1.165) is 5.01 Å². The maximum absolute atomic E-state index is 12.3. The van der Waals surface area contributed by atoms with Gasteiger partial charge in [-0.05, 0) is 31.2 Å². The van der Waals surface area contributed by atoms with Gasteiger partial charge in [-0.15, -0.1) is 0 Å². The molecule has 2 amide bonds. The van der Waals surface area contributed by atoms with Crippen molar-refractivity contribution >= 4 is 29.1 Å². The Bertz CT molecular complexity index is 795. The smallest absolute Gasteiger partial charge is 0.305 e. The molecule has 2 aromatic rings. The van der Waals surface area contributed by atoms with Crippen molar-refractivity contribution in [1.29, 1.82) is 0 Å². The fraction of sp³-hybridized carbons (Fsp3) is 0.143. The van der Waals surface area contributed by atoms with Crippen molar-refractivity contribution in [2.75, 3.05) is 0 Å². The Morgan fingerprint density at radius 3 is 2.59 bits per heavy atom. The summed E-state index contributed by atoms with van der Waals surface area (Å²) in [4.78, 5) is 23.9. The molecule has 0 unspecified atom stereocenters. The number of aromatic hydroxyl groups is 1. The number of carbonyl (C=O) groups is 2. The van der Waals surface area contributed by atoms with Crippen LogP contribution in [-0.4, -0.2) is 37.4 Å². The molecule has 8 heteroatoms. The molecule has 0 fully saturated rings. The van der Waals surface area contributed by atoms with E-state index in [1.54, 1.807) is 31.2 Å². The van der Waals surface area contributed by atoms with Crippen molar-refractivity contribution in [1.82, 2.24) is 14.8 Å². The van der Waals surface area contributed by atoms with E-state index in [0.29, 0.717) is 16.4 Å². The molecule has 0 radical (unpaired) electrons. The average Bonchev–Trinajstić information content (AvgIpc) is 3.01. The molecule has 0 spiro atoms. The van der Waals surface area contributed by atoms with E-state index in [9.17, 15) is 14.7 Å². The number of aromatic nitrogens is 2. The lowest BCUT2D eigenvalue weighted by Crippen LogP contribution is -2.28. The van der Waals surface area contributed by atoms with Gasteiger partial charge in [0, 0.05) is 10.7 Å². The summed E-state index contributed by atoms with van der Waals surface area (Å²) in [7, 11) is 0. The average molecular weight is 319 g/mol. The highest BCUT2D eigenvalue weighted by atomic mass is 35.5. The molecule has 0 saturated carbocycles. The molecule has 22 heavy (non-hydrogen) atoms. The second-order valence-corrected chi connectivity index (χ2v) is 5.24. The molecule has 2 heterocycles. The fourth-order valence-electron chi connectivity index (χ4n) is 2.06. The molecule has 3 rings (SSSR count). The number of amides is 2. The minimum absolute atomic E-state index is 0.0877. The number of rotatable bonds is 2. The van der Waals surface area contributed by atoms with E-state index < -0.39 is 11.8 Å². The van der Waals surface area contributed by atoms with Crippen LogP contribution in [0.5, 0.6) is 5.75 Å². The third-order valence-corrected chi connectivity index (χ3v) is 3.35. The number of hydrogen-bond donors (Lipinski definition) is 1. The van der Waals surface area contributed by atoms with Gasteiger partial charge in [0.15, 0.2) is 11.4 Å². The standard InChI is InChI=1S/C14H11ClN4O3/c1-8-6-12(21)19(16-8)14(22)13-11(20)7-18(17-13)10-4-2-9(15)3-5-10/h2-5,7,20H,6H2,1H3. The van der Waals surface area contributed by atoms with Crippen LogP contribution in [-0.2, 0) is 4.79 Å². The molecule has 1 N–H and O–H groups in total. The third kappa shape index (κ3) is 2.46. The monoisotopic (exact) mass is 318 g/mol. The fourth-order valence-corrected chi connectivity index (χ4v) is 2.18. The molecular weight excluding hydrogens is 308 g/mol. The second kappa shape index (κ2) is 5.27. The van der Waals surface area contributed by atoms with Gasteiger partial charge in [-0.2, -0.15) is 15.2 Å². The van der Waals surface area contributed by atoms with Gasteiger partial charge < -0.3 is 5.11 Å². The van der Waals surface area contributed by atoms with Crippen molar-refractivity contribution in [3.63, 3.8) is 0 Å². The Hall–Kier alpha value is -2.67. The minimum atomic E-state index is -0.757. The first kappa shape index (κ1) is 14.3. The molecule has 0 saturated heterocycles. The van der Waals surface area contributed by atoms with Gasteiger partial charge in [0.1, 0.15) is 0 Å². The molecule has 1 aliphatic rings. The van der Waals surface area contributed by atoms with Crippen molar-refractivity contribution in [3.05, 3.63) is 41.2 Å². The zero-order chi connectivity index (χ0) is 15.9. The zero-order valence-electron chi connectivity index (χ0n) is 11.5. The highest BCUT2D eigenvalue weighted by Gasteiger charge is 2.31. The van der Waals surface area contributed by atoms with Gasteiger partial charge in [-0.1, -0.05) is 11.6 Å². The Labute approximate surface area is 130 Å².